The molecule has 0 saturated carbocycles. The van der Waals surface area contributed by atoms with E-state index in [1.165, 1.54) is 4.90 Å². The van der Waals surface area contributed by atoms with E-state index in [1.54, 1.807) is 4.90 Å². The highest BCUT2D eigenvalue weighted by atomic mass is 16.6. The van der Waals surface area contributed by atoms with Crippen LogP contribution in [0.5, 0.6) is 0 Å². The van der Waals surface area contributed by atoms with Crippen LogP contribution in [0.15, 0.2) is 30.3 Å². The van der Waals surface area contributed by atoms with E-state index in [4.69, 9.17) is 9.84 Å². The summed E-state index contributed by atoms with van der Waals surface area (Å²) < 4.78 is 5.37. The molecule has 140 valence electrons. The van der Waals surface area contributed by atoms with Crippen LogP contribution in [0.1, 0.15) is 31.2 Å². The number of hydrogen-bond donors (Lipinski definition) is 1. The number of aliphatic carboxylic acids is 1. The van der Waals surface area contributed by atoms with Gasteiger partial charge in [-0.2, -0.15) is 0 Å². The van der Waals surface area contributed by atoms with Crippen molar-refractivity contribution in [1.82, 2.24) is 9.80 Å². The Morgan fingerprint density at radius 1 is 1.04 bits per heavy atom. The average molecular weight is 360 g/mol. The molecular weight excluding hydrogens is 336 g/mol. The smallest absolute Gasteiger partial charge is 0.410 e. The molecule has 0 radical (unpaired) electrons. The van der Waals surface area contributed by atoms with Crippen LogP contribution in [0, 0.1) is 5.92 Å². The van der Waals surface area contributed by atoms with Crippen LogP contribution in [0.3, 0.4) is 0 Å². The minimum Gasteiger partial charge on any atom is -0.481 e. The fourth-order valence-corrected chi connectivity index (χ4v) is 3.60. The number of likely N-dealkylation sites (tertiary alicyclic amines) is 2. The fraction of sp³-hybridized carbons (Fsp3) is 0.526. The van der Waals surface area contributed by atoms with Crippen molar-refractivity contribution < 1.29 is 24.2 Å². The predicted molar refractivity (Wildman–Crippen MR) is 93.3 cm³/mol. The third-order valence-corrected chi connectivity index (χ3v) is 5.13. The van der Waals surface area contributed by atoms with E-state index in [1.807, 2.05) is 30.3 Å². The molecule has 3 rings (SSSR count). The number of hydrogen-bond acceptors (Lipinski definition) is 4. The van der Waals surface area contributed by atoms with Gasteiger partial charge in [0.15, 0.2) is 0 Å². The van der Waals surface area contributed by atoms with Gasteiger partial charge >= 0.3 is 12.1 Å². The molecule has 0 aliphatic carbocycles. The number of nitrogens with zero attached hydrogens (tertiary/aromatic N) is 2. The first-order chi connectivity index (χ1) is 12.6. The van der Waals surface area contributed by atoms with Crippen LogP contribution in [0.25, 0.3) is 0 Å². The van der Waals surface area contributed by atoms with Gasteiger partial charge in [0.2, 0.25) is 5.91 Å². The molecule has 2 saturated heterocycles. The maximum absolute atomic E-state index is 12.8. The lowest BCUT2D eigenvalue weighted by atomic mass is 9.96. The van der Waals surface area contributed by atoms with Crippen molar-refractivity contribution in [1.29, 1.82) is 0 Å². The molecule has 2 aliphatic heterocycles. The number of carbonyl (C=O) groups is 3. The van der Waals surface area contributed by atoms with Crippen LogP contribution >= 0.6 is 0 Å². The Bertz CT molecular complexity index is 655. The third kappa shape index (κ3) is 4.15. The number of benzene rings is 1. The molecule has 7 nitrogen and oxygen atoms in total. The van der Waals surface area contributed by atoms with Crippen molar-refractivity contribution >= 4 is 18.0 Å². The SMILES string of the molecule is O=C(O)C1CCN(C(=O)[C@@H]2CCCN2C(=O)OCc2ccccc2)CC1. The second-order valence-corrected chi connectivity index (χ2v) is 6.83. The zero-order chi connectivity index (χ0) is 18.5. The fourth-order valence-electron chi connectivity index (χ4n) is 3.60. The van der Waals surface area contributed by atoms with E-state index >= 15 is 0 Å². The maximum Gasteiger partial charge on any atom is 0.410 e. The quantitative estimate of drug-likeness (QED) is 0.889. The van der Waals surface area contributed by atoms with Crippen LogP contribution in [-0.2, 0) is 20.9 Å². The van der Waals surface area contributed by atoms with Crippen molar-refractivity contribution in [2.75, 3.05) is 19.6 Å². The third-order valence-electron chi connectivity index (χ3n) is 5.13. The normalized spacial score (nSPS) is 20.8. The van der Waals surface area contributed by atoms with E-state index in [0.717, 1.165) is 12.0 Å². The zero-order valence-electron chi connectivity index (χ0n) is 14.7. The zero-order valence-corrected chi connectivity index (χ0v) is 14.7. The van der Waals surface area contributed by atoms with Gasteiger partial charge in [-0.3, -0.25) is 14.5 Å². The first-order valence-corrected chi connectivity index (χ1v) is 9.05. The number of ether oxygens (including phenoxy) is 1. The van der Waals surface area contributed by atoms with Gasteiger partial charge in [0.1, 0.15) is 12.6 Å². The molecule has 1 aromatic rings. The highest BCUT2D eigenvalue weighted by Gasteiger charge is 2.38. The monoisotopic (exact) mass is 360 g/mol. The first kappa shape index (κ1) is 18.2. The van der Waals surface area contributed by atoms with Gasteiger partial charge in [-0.05, 0) is 31.2 Å². The summed E-state index contributed by atoms with van der Waals surface area (Å²) in [6, 6.07) is 8.92. The molecule has 26 heavy (non-hydrogen) atoms. The lowest BCUT2D eigenvalue weighted by Gasteiger charge is -2.34. The number of carbonyl (C=O) groups excluding carboxylic acids is 2. The Morgan fingerprint density at radius 3 is 2.38 bits per heavy atom. The predicted octanol–water partition coefficient (Wildman–Crippen LogP) is 2.11. The second-order valence-electron chi connectivity index (χ2n) is 6.83. The topological polar surface area (TPSA) is 87.2 Å². The summed E-state index contributed by atoms with van der Waals surface area (Å²) in [5.41, 5.74) is 0.902. The van der Waals surface area contributed by atoms with Crippen molar-refractivity contribution in [2.24, 2.45) is 5.92 Å². The van der Waals surface area contributed by atoms with E-state index in [-0.39, 0.29) is 18.4 Å². The molecule has 7 heteroatoms. The Morgan fingerprint density at radius 2 is 1.73 bits per heavy atom. The van der Waals surface area contributed by atoms with E-state index in [9.17, 15) is 14.4 Å². The minimum atomic E-state index is -0.802. The highest BCUT2D eigenvalue weighted by molar-refractivity contribution is 5.86. The van der Waals surface area contributed by atoms with E-state index in [2.05, 4.69) is 0 Å². The largest absolute Gasteiger partial charge is 0.481 e. The molecule has 0 bridgehead atoms. The van der Waals surface area contributed by atoms with Crippen LogP contribution < -0.4 is 0 Å². The maximum atomic E-state index is 12.8. The summed E-state index contributed by atoms with van der Waals surface area (Å²) in [7, 11) is 0. The van der Waals surface area contributed by atoms with Crippen molar-refractivity contribution in [3.63, 3.8) is 0 Å². The Kier molecular flexibility index (Phi) is 5.75. The van der Waals surface area contributed by atoms with Gasteiger partial charge in [0, 0.05) is 19.6 Å². The highest BCUT2D eigenvalue weighted by Crippen LogP contribution is 2.24. The second kappa shape index (κ2) is 8.21. The summed E-state index contributed by atoms with van der Waals surface area (Å²) in [5.74, 6) is -1.28. The Balaban J connectivity index is 1.54. The lowest BCUT2D eigenvalue weighted by Crippen LogP contribution is -2.50. The molecule has 1 atom stereocenters. The summed E-state index contributed by atoms with van der Waals surface area (Å²) in [6.45, 7) is 1.55. The number of amides is 2. The molecule has 2 heterocycles. The number of carboxylic acids is 1. The molecular formula is C19H24N2O5. The molecule has 2 fully saturated rings. The van der Waals surface area contributed by atoms with Crippen molar-refractivity contribution in [2.45, 2.75) is 38.3 Å². The van der Waals surface area contributed by atoms with Gasteiger partial charge in [0.05, 0.1) is 5.92 Å². The van der Waals surface area contributed by atoms with Gasteiger partial charge in [-0.1, -0.05) is 30.3 Å². The van der Waals surface area contributed by atoms with Crippen molar-refractivity contribution in [3.8, 4) is 0 Å². The van der Waals surface area contributed by atoms with Crippen LogP contribution in [0.2, 0.25) is 0 Å². The molecule has 2 amide bonds. The van der Waals surface area contributed by atoms with Gasteiger partial charge < -0.3 is 14.7 Å². The van der Waals surface area contributed by atoms with Crippen molar-refractivity contribution in [3.05, 3.63) is 35.9 Å². The average Bonchev–Trinajstić information content (AvgIpc) is 3.16. The first-order valence-electron chi connectivity index (χ1n) is 9.05. The van der Waals surface area contributed by atoms with Gasteiger partial charge in [-0.25, -0.2) is 4.79 Å². The van der Waals surface area contributed by atoms with Gasteiger partial charge in [0.25, 0.3) is 0 Å². The van der Waals surface area contributed by atoms with E-state index < -0.39 is 18.1 Å². The molecule has 0 unspecified atom stereocenters. The van der Waals surface area contributed by atoms with Crippen LogP contribution in [-0.4, -0.2) is 58.6 Å². The molecule has 0 spiro atoms. The summed E-state index contributed by atoms with van der Waals surface area (Å²) in [5, 5.41) is 9.07. The summed E-state index contributed by atoms with van der Waals surface area (Å²) in [6.07, 6.45) is 1.85. The molecule has 0 aromatic heterocycles. The lowest BCUT2D eigenvalue weighted by molar-refractivity contribution is -0.146. The standard InChI is InChI=1S/C19H24N2O5/c22-17(20-11-8-15(9-12-20)18(23)24)16-7-4-10-21(16)19(25)26-13-14-5-2-1-3-6-14/h1-3,5-6,15-16H,4,7-13H2,(H,23,24)/t16-/m0/s1. The van der Waals surface area contributed by atoms with Gasteiger partial charge in [-0.15, -0.1) is 0 Å². The molecule has 1 aromatic carbocycles. The number of piperidine rings is 1. The summed E-state index contributed by atoms with van der Waals surface area (Å²) in [4.78, 5) is 39.4. The summed E-state index contributed by atoms with van der Waals surface area (Å²) >= 11 is 0. The minimum absolute atomic E-state index is 0.0944. The molecule has 2 aliphatic rings. The number of rotatable bonds is 4. The van der Waals surface area contributed by atoms with E-state index in [0.29, 0.717) is 38.9 Å². The number of carboxylic acid groups (broad SMARTS) is 1. The van der Waals surface area contributed by atoms with Crippen LogP contribution in [0.4, 0.5) is 4.79 Å². The Labute approximate surface area is 152 Å². The molecule has 1 N–H and O–H groups in total. The Hall–Kier alpha value is -2.57.